The predicted molar refractivity (Wildman–Crippen MR) is 115 cm³/mol. The van der Waals surface area contributed by atoms with Crippen molar-refractivity contribution in [3.05, 3.63) is 90.0 Å². The van der Waals surface area contributed by atoms with Crippen molar-refractivity contribution in [1.29, 1.82) is 0 Å². The fraction of sp³-hybridized carbons (Fsp3) is 0.120. The Morgan fingerprint density at radius 2 is 1.55 bits per heavy atom. The minimum atomic E-state index is -0.468. The lowest BCUT2D eigenvalue weighted by Gasteiger charge is -2.14. The number of carbonyl (C=O) groups is 2. The summed E-state index contributed by atoms with van der Waals surface area (Å²) in [5, 5.41) is 6.31. The van der Waals surface area contributed by atoms with Gasteiger partial charge in [0.05, 0.1) is 13.0 Å². The zero-order valence-electron chi connectivity index (χ0n) is 16.3. The zero-order chi connectivity index (χ0) is 20.4. The standard InChI is InChI=1S/C25H21NO3/c1-16(18-13-14-21-19(15-18)9-6-12-23(21)29-2)24(27)26-25(28)22-11-5-8-17-7-3-4-10-20(17)22/h3-16H,1-2H3,(H,26,27,28)/t16-/m0/s1. The molecule has 4 aromatic rings. The smallest absolute Gasteiger partial charge is 0.258 e. The molecule has 4 heteroatoms. The van der Waals surface area contributed by atoms with Crippen molar-refractivity contribution in [2.24, 2.45) is 0 Å². The number of ether oxygens (including phenoxy) is 1. The average Bonchev–Trinajstić information content (AvgIpc) is 2.77. The van der Waals surface area contributed by atoms with E-state index in [2.05, 4.69) is 5.32 Å². The van der Waals surface area contributed by atoms with Crippen molar-refractivity contribution >= 4 is 33.4 Å². The van der Waals surface area contributed by atoms with Gasteiger partial charge in [0.25, 0.3) is 5.91 Å². The van der Waals surface area contributed by atoms with Crippen LogP contribution in [0.1, 0.15) is 28.8 Å². The number of fused-ring (bicyclic) bond motifs is 2. The van der Waals surface area contributed by atoms with E-state index in [0.717, 1.165) is 32.9 Å². The molecule has 1 N–H and O–H groups in total. The maximum atomic E-state index is 12.8. The number of benzene rings is 4. The highest BCUT2D eigenvalue weighted by Gasteiger charge is 2.20. The molecule has 1 atom stereocenters. The minimum Gasteiger partial charge on any atom is -0.496 e. The highest BCUT2D eigenvalue weighted by Crippen LogP contribution is 2.28. The largest absolute Gasteiger partial charge is 0.496 e. The maximum Gasteiger partial charge on any atom is 0.258 e. The molecule has 29 heavy (non-hydrogen) atoms. The number of imide groups is 1. The van der Waals surface area contributed by atoms with E-state index in [1.807, 2.05) is 72.8 Å². The lowest BCUT2D eigenvalue weighted by Crippen LogP contribution is -2.33. The molecular weight excluding hydrogens is 362 g/mol. The van der Waals surface area contributed by atoms with Crippen molar-refractivity contribution < 1.29 is 14.3 Å². The van der Waals surface area contributed by atoms with Gasteiger partial charge in [-0.15, -0.1) is 0 Å². The Balaban J connectivity index is 1.58. The second-order valence-corrected chi connectivity index (χ2v) is 7.01. The normalized spacial score (nSPS) is 11.9. The maximum absolute atomic E-state index is 12.8. The summed E-state index contributed by atoms with van der Waals surface area (Å²) in [4.78, 5) is 25.5. The van der Waals surface area contributed by atoms with Gasteiger partial charge in [-0.2, -0.15) is 0 Å². The minimum absolute atomic E-state index is 0.329. The molecule has 0 aliphatic heterocycles. The number of amides is 2. The molecule has 144 valence electrons. The molecule has 0 unspecified atom stereocenters. The van der Waals surface area contributed by atoms with Gasteiger partial charge in [-0.25, -0.2) is 0 Å². The first-order valence-electron chi connectivity index (χ1n) is 9.48. The van der Waals surface area contributed by atoms with Gasteiger partial charge in [-0.1, -0.05) is 66.7 Å². The van der Waals surface area contributed by atoms with Crippen LogP contribution in [0, 0.1) is 0 Å². The molecule has 4 rings (SSSR count). The van der Waals surface area contributed by atoms with Crippen molar-refractivity contribution in [3.63, 3.8) is 0 Å². The van der Waals surface area contributed by atoms with E-state index < -0.39 is 5.92 Å². The fourth-order valence-corrected chi connectivity index (χ4v) is 3.58. The summed E-state index contributed by atoms with van der Waals surface area (Å²) in [7, 11) is 1.64. The van der Waals surface area contributed by atoms with Gasteiger partial charge in [0, 0.05) is 10.9 Å². The van der Waals surface area contributed by atoms with Crippen molar-refractivity contribution in [3.8, 4) is 5.75 Å². The Labute approximate surface area is 169 Å². The number of rotatable bonds is 4. The number of nitrogens with one attached hydrogen (secondary N) is 1. The van der Waals surface area contributed by atoms with E-state index in [1.165, 1.54) is 0 Å². The third kappa shape index (κ3) is 3.57. The molecule has 4 nitrogen and oxygen atoms in total. The van der Waals surface area contributed by atoms with Crippen LogP contribution >= 0.6 is 0 Å². The predicted octanol–water partition coefficient (Wildman–Crippen LogP) is 5.06. The van der Waals surface area contributed by atoms with E-state index in [4.69, 9.17) is 4.74 Å². The Bertz CT molecular complexity index is 1220. The topological polar surface area (TPSA) is 55.4 Å². The molecule has 0 saturated heterocycles. The van der Waals surface area contributed by atoms with Crippen LogP contribution in [0.4, 0.5) is 0 Å². The molecular formula is C25H21NO3. The summed E-state index contributed by atoms with van der Waals surface area (Å²) in [5.74, 6) is -0.395. The van der Waals surface area contributed by atoms with Gasteiger partial charge >= 0.3 is 0 Å². The van der Waals surface area contributed by atoms with E-state index in [0.29, 0.717) is 5.56 Å². The first-order valence-corrected chi connectivity index (χ1v) is 9.48. The first kappa shape index (κ1) is 18.7. The summed E-state index contributed by atoms with van der Waals surface area (Å²) < 4.78 is 5.39. The van der Waals surface area contributed by atoms with Gasteiger partial charge in [-0.3, -0.25) is 14.9 Å². The molecule has 4 aromatic carbocycles. The molecule has 0 fully saturated rings. The van der Waals surface area contributed by atoms with Crippen molar-refractivity contribution in [2.75, 3.05) is 7.11 Å². The van der Waals surface area contributed by atoms with Crippen LogP contribution in [0.2, 0.25) is 0 Å². The SMILES string of the molecule is COc1cccc2cc([C@H](C)C(=O)NC(=O)c3cccc4ccccc34)ccc12. The second kappa shape index (κ2) is 7.76. The Kier molecular flexibility index (Phi) is 5.00. The Hall–Kier alpha value is -3.66. The van der Waals surface area contributed by atoms with Gasteiger partial charge in [0.1, 0.15) is 5.75 Å². The average molecular weight is 383 g/mol. The van der Waals surface area contributed by atoms with Crippen LogP contribution in [0.15, 0.2) is 78.9 Å². The summed E-state index contributed by atoms with van der Waals surface area (Å²) in [6.07, 6.45) is 0. The highest BCUT2D eigenvalue weighted by atomic mass is 16.5. The quantitative estimate of drug-likeness (QED) is 0.536. The lowest BCUT2D eigenvalue weighted by molar-refractivity contribution is -0.121. The molecule has 0 aliphatic rings. The highest BCUT2D eigenvalue weighted by molar-refractivity contribution is 6.13. The zero-order valence-corrected chi connectivity index (χ0v) is 16.3. The lowest BCUT2D eigenvalue weighted by atomic mass is 9.96. The number of methoxy groups -OCH3 is 1. The van der Waals surface area contributed by atoms with Gasteiger partial charge in [0.15, 0.2) is 0 Å². The number of carbonyl (C=O) groups excluding carboxylic acids is 2. The van der Waals surface area contributed by atoms with Crippen LogP contribution in [0.3, 0.4) is 0 Å². The summed E-state index contributed by atoms with van der Waals surface area (Å²) in [5.41, 5.74) is 1.33. The molecule has 0 radical (unpaired) electrons. The van der Waals surface area contributed by atoms with Gasteiger partial charge in [0.2, 0.25) is 5.91 Å². The third-order valence-electron chi connectivity index (χ3n) is 5.25. The van der Waals surface area contributed by atoms with Crippen LogP contribution < -0.4 is 10.1 Å². The molecule has 0 aromatic heterocycles. The van der Waals surface area contributed by atoms with Gasteiger partial charge in [-0.05, 0) is 40.8 Å². The monoisotopic (exact) mass is 383 g/mol. The van der Waals surface area contributed by atoms with E-state index in [1.54, 1.807) is 20.1 Å². The van der Waals surface area contributed by atoms with Crippen LogP contribution in [-0.4, -0.2) is 18.9 Å². The molecule has 0 spiro atoms. The molecule has 0 saturated carbocycles. The molecule has 0 aliphatic carbocycles. The van der Waals surface area contributed by atoms with Crippen LogP contribution in [-0.2, 0) is 4.79 Å². The second-order valence-electron chi connectivity index (χ2n) is 7.01. The van der Waals surface area contributed by atoms with Gasteiger partial charge < -0.3 is 4.74 Å². The number of hydrogen-bond donors (Lipinski definition) is 1. The molecule has 2 amide bonds. The molecule has 0 bridgehead atoms. The Morgan fingerprint density at radius 1 is 0.828 bits per heavy atom. The van der Waals surface area contributed by atoms with E-state index in [9.17, 15) is 9.59 Å². The fourth-order valence-electron chi connectivity index (χ4n) is 3.58. The van der Waals surface area contributed by atoms with Crippen molar-refractivity contribution in [2.45, 2.75) is 12.8 Å². The van der Waals surface area contributed by atoms with Crippen LogP contribution in [0.5, 0.6) is 5.75 Å². The van der Waals surface area contributed by atoms with Crippen molar-refractivity contribution in [1.82, 2.24) is 5.32 Å². The summed E-state index contributed by atoms with van der Waals surface area (Å²) in [6, 6.07) is 24.7. The van der Waals surface area contributed by atoms with E-state index in [-0.39, 0.29) is 11.8 Å². The van der Waals surface area contributed by atoms with E-state index >= 15 is 0 Å². The third-order valence-corrected chi connectivity index (χ3v) is 5.25. The Morgan fingerprint density at radius 3 is 2.38 bits per heavy atom. The van der Waals surface area contributed by atoms with Crippen LogP contribution in [0.25, 0.3) is 21.5 Å². The summed E-state index contributed by atoms with van der Waals surface area (Å²) in [6.45, 7) is 1.80. The number of hydrogen-bond acceptors (Lipinski definition) is 3. The molecule has 0 heterocycles. The first-order chi connectivity index (χ1) is 14.1. The summed E-state index contributed by atoms with van der Waals surface area (Å²) >= 11 is 0.